The number of rotatable bonds is 5. The second-order valence-electron chi connectivity index (χ2n) is 6.11. The molecule has 0 saturated heterocycles. The monoisotopic (exact) mass is 365 g/mol. The Morgan fingerprint density at radius 3 is 2.33 bits per heavy atom. The van der Waals surface area contributed by atoms with Crippen molar-refractivity contribution < 1.29 is 19.0 Å². The molecule has 0 radical (unpaired) electrons. The van der Waals surface area contributed by atoms with Crippen LogP contribution in [0.15, 0.2) is 42.5 Å². The van der Waals surface area contributed by atoms with E-state index in [0.717, 1.165) is 28.1 Å². The molecule has 2 N–H and O–H groups in total. The highest BCUT2D eigenvalue weighted by Crippen LogP contribution is 2.39. The van der Waals surface area contributed by atoms with E-state index in [2.05, 4.69) is 15.5 Å². The van der Waals surface area contributed by atoms with E-state index >= 15 is 0 Å². The summed E-state index contributed by atoms with van der Waals surface area (Å²) in [6.07, 6.45) is 0. The number of aromatic amines is 1. The number of aromatic nitrogens is 2. The van der Waals surface area contributed by atoms with E-state index in [1.165, 1.54) is 0 Å². The molecule has 1 aliphatic rings. The Labute approximate surface area is 156 Å². The van der Waals surface area contributed by atoms with Crippen molar-refractivity contribution in [2.75, 3.05) is 21.3 Å². The summed E-state index contributed by atoms with van der Waals surface area (Å²) in [6.45, 7) is 0. The van der Waals surface area contributed by atoms with Gasteiger partial charge < -0.3 is 19.5 Å². The maximum absolute atomic E-state index is 12.4. The van der Waals surface area contributed by atoms with Crippen molar-refractivity contribution >= 4 is 5.91 Å². The van der Waals surface area contributed by atoms with E-state index in [1.54, 1.807) is 21.3 Å². The summed E-state index contributed by atoms with van der Waals surface area (Å²) in [5, 5.41) is 10.3. The predicted octanol–water partition coefficient (Wildman–Crippen LogP) is 2.94. The fraction of sp³-hybridized carbons (Fsp3) is 0.200. The van der Waals surface area contributed by atoms with Gasteiger partial charge in [-0.3, -0.25) is 9.89 Å². The molecule has 0 unspecified atom stereocenters. The maximum atomic E-state index is 12.4. The quantitative estimate of drug-likeness (QED) is 0.726. The summed E-state index contributed by atoms with van der Waals surface area (Å²) in [7, 11) is 4.79. The van der Waals surface area contributed by atoms with Crippen molar-refractivity contribution in [3.63, 3.8) is 0 Å². The minimum absolute atomic E-state index is 0.183. The second kappa shape index (κ2) is 6.68. The first-order chi connectivity index (χ1) is 13.2. The van der Waals surface area contributed by atoms with Crippen LogP contribution < -0.4 is 19.5 Å². The molecule has 1 aromatic heterocycles. The van der Waals surface area contributed by atoms with Gasteiger partial charge in [0.1, 0.15) is 11.4 Å². The van der Waals surface area contributed by atoms with Crippen LogP contribution in [0.2, 0.25) is 0 Å². The molecular weight excluding hydrogens is 346 g/mol. The number of hydrogen-bond acceptors (Lipinski definition) is 5. The fourth-order valence-corrected chi connectivity index (χ4v) is 3.33. The average molecular weight is 365 g/mol. The fourth-order valence-electron chi connectivity index (χ4n) is 3.33. The van der Waals surface area contributed by atoms with E-state index in [0.29, 0.717) is 17.2 Å². The number of amides is 1. The summed E-state index contributed by atoms with van der Waals surface area (Å²) >= 11 is 0. The van der Waals surface area contributed by atoms with Crippen LogP contribution in [0, 0.1) is 0 Å². The zero-order valence-corrected chi connectivity index (χ0v) is 15.2. The summed E-state index contributed by atoms with van der Waals surface area (Å²) in [5.74, 6) is 1.81. The third kappa shape index (κ3) is 2.77. The lowest BCUT2D eigenvalue weighted by Crippen LogP contribution is -2.21. The summed E-state index contributed by atoms with van der Waals surface area (Å²) in [4.78, 5) is 12.4. The van der Waals surface area contributed by atoms with Crippen LogP contribution in [0.25, 0.3) is 11.3 Å². The van der Waals surface area contributed by atoms with E-state index in [9.17, 15) is 4.79 Å². The number of benzene rings is 2. The van der Waals surface area contributed by atoms with Gasteiger partial charge in [0.15, 0.2) is 11.5 Å². The molecule has 0 fully saturated rings. The molecule has 0 spiro atoms. The lowest BCUT2D eigenvalue weighted by Gasteiger charge is -2.16. The molecule has 0 saturated carbocycles. The van der Waals surface area contributed by atoms with Crippen LogP contribution in [0.5, 0.6) is 17.2 Å². The van der Waals surface area contributed by atoms with Crippen LogP contribution in [0.3, 0.4) is 0 Å². The Kier molecular flexibility index (Phi) is 4.19. The summed E-state index contributed by atoms with van der Waals surface area (Å²) in [6, 6.07) is 12.8. The van der Waals surface area contributed by atoms with Gasteiger partial charge in [0.25, 0.3) is 5.91 Å². The van der Waals surface area contributed by atoms with Gasteiger partial charge in [0.05, 0.1) is 33.1 Å². The van der Waals surface area contributed by atoms with Gasteiger partial charge in [-0.05, 0) is 42.0 Å². The molecule has 0 bridgehead atoms. The second-order valence-corrected chi connectivity index (χ2v) is 6.11. The summed E-state index contributed by atoms with van der Waals surface area (Å²) < 4.78 is 15.9. The number of H-pyrrole nitrogens is 1. The minimum Gasteiger partial charge on any atom is -0.497 e. The molecule has 138 valence electrons. The first-order valence-corrected chi connectivity index (χ1v) is 8.41. The number of fused-ring (bicyclic) bond motifs is 1. The minimum atomic E-state index is -0.330. The SMILES string of the molecule is COc1ccc(-c2n[nH]c3c2[C@@H](c2ccc(OC)c(OC)c2)NC3=O)cc1. The lowest BCUT2D eigenvalue weighted by atomic mass is 9.96. The number of methoxy groups -OCH3 is 3. The first-order valence-electron chi connectivity index (χ1n) is 8.41. The maximum Gasteiger partial charge on any atom is 0.270 e. The Hall–Kier alpha value is -3.48. The van der Waals surface area contributed by atoms with E-state index in [-0.39, 0.29) is 11.9 Å². The van der Waals surface area contributed by atoms with Crippen molar-refractivity contribution in [2.45, 2.75) is 6.04 Å². The van der Waals surface area contributed by atoms with Crippen molar-refractivity contribution in [3.8, 4) is 28.5 Å². The van der Waals surface area contributed by atoms with Crippen molar-refractivity contribution in [3.05, 3.63) is 59.3 Å². The zero-order valence-electron chi connectivity index (χ0n) is 15.2. The highest BCUT2D eigenvalue weighted by Gasteiger charge is 2.35. The third-order valence-electron chi connectivity index (χ3n) is 4.70. The number of ether oxygens (including phenoxy) is 3. The Morgan fingerprint density at radius 1 is 0.926 bits per heavy atom. The van der Waals surface area contributed by atoms with Gasteiger partial charge in [0, 0.05) is 11.1 Å². The van der Waals surface area contributed by atoms with E-state index in [1.807, 2.05) is 42.5 Å². The van der Waals surface area contributed by atoms with Gasteiger partial charge in [-0.15, -0.1) is 0 Å². The zero-order chi connectivity index (χ0) is 19.0. The number of carbonyl (C=O) groups excluding carboxylic acids is 1. The molecule has 1 amide bonds. The molecule has 1 atom stereocenters. The van der Waals surface area contributed by atoms with Gasteiger partial charge in [-0.2, -0.15) is 5.10 Å². The number of carbonyl (C=O) groups is 1. The van der Waals surface area contributed by atoms with E-state index in [4.69, 9.17) is 14.2 Å². The molecule has 4 rings (SSSR count). The molecule has 2 heterocycles. The third-order valence-corrected chi connectivity index (χ3v) is 4.70. The number of nitrogens with zero attached hydrogens (tertiary/aromatic N) is 1. The Balaban J connectivity index is 1.79. The Bertz CT molecular complexity index is 995. The topological polar surface area (TPSA) is 85.5 Å². The highest BCUT2D eigenvalue weighted by molar-refractivity contribution is 6.00. The highest BCUT2D eigenvalue weighted by atomic mass is 16.5. The smallest absolute Gasteiger partial charge is 0.270 e. The molecule has 1 aliphatic heterocycles. The Morgan fingerprint density at radius 2 is 1.67 bits per heavy atom. The van der Waals surface area contributed by atoms with Gasteiger partial charge in [-0.25, -0.2) is 0 Å². The van der Waals surface area contributed by atoms with E-state index < -0.39 is 0 Å². The summed E-state index contributed by atoms with van der Waals surface area (Å²) in [5.41, 5.74) is 3.80. The molecule has 27 heavy (non-hydrogen) atoms. The molecule has 2 aromatic carbocycles. The normalized spacial score (nSPS) is 15.2. The van der Waals surface area contributed by atoms with Crippen LogP contribution in [0.4, 0.5) is 0 Å². The van der Waals surface area contributed by atoms with Crippen LogP contribution in [0.1, 0.15) is 27.7 Å². The van der Waals surface area contributed by atoms with Crippen LogP contribution >= 0.6 is 0 Å². The first kappa shape index (κ1) is 17.0. The van der Waals surface area contributed by atoms with Gasteiger partial charge >= 0.3 is 0 Å². The average Bonchev–Trinajstić information content (AvgIpc) is 3.29. The van der Waals surface area contributed by atoms with Crippen molar-refractivity contribution in [2.24, 2.45) is 0 Å². The van der Waals surface area contributed by atoms with Gasteiger partial charge in [-0.1, -0.05) is 6.07 Å². The number of nitrogens with one attached hydrogen (secondary N) is 2. The number of hydrogen-bond donors (Lipinski definition) is 2. The standard InChI is InChI=1S/C20H19N3O4/c1-25-13-7-4-11(5-8-13)18-16-17(21-20(24)19(16)23-22-18)12-6-9-14(26-2)15(10-12)27-3/h4-10,17H,1-3H3,(H,21,24)(H,22,23)/t17-/m1/s1. The predicted molar refractivity (Wildman–Crippen MR) is 99.4 cm³/mol. The molecule has 3 aromatic rings. The largest absolute Gasteiger partial charge is 0.497 e. The molecule has 7 nitrogen and oxygen atoms in total. The molecular formula is C20H19N3O4. The molecule has 0 aliphatic carbocycles. The molecule has 7 heteroatoms. The van der Waals surface area contributed by atoms with Gasteiger partial charge in [0.2, 0.25) is 0 Å². The van der Waals surface area contributed by atoms with Crippen LogP contribution in [-0.4, -0.2) is 37.4 Å². The van der Waals surface area contributed by atoms with Crippen molar-refractivity contribution in [1.82, 2.24) is 15.5 Å². The van der Waals surface area contributed by atoms with Crippen LogP contribution in [-0.2, 0) is 0 Å². The lowest BCUT2D eigenvalue weighted by molar-refractivity contribution is 0.0955. The van der Waals surface area contributed by atoms with Crippen molar-refractivity contribution in [1.29, 1.82) is 0 Å².